The molecule has 0 saturated heterocycles. The molecule has 1 fully saturated rings. The van der Waals surface area contributed by atoms with Crippen molar-refractivity contribution < 1.29 is 14.0 Å². The smallest absolute Gasteiger partial charge is 0.277 e. The molecule has 1 saturated carbocycles. The number of imidazole rings is 1. The van der Waals surface area contributed by atoms with Crippen molar-refractivity contribution in [1.29, 1.82) is 0 Å². The van der Waals surface area contributed by atoms with Crippen molar-refractivity contribution in [2.75, 3.05) is 20.8 Å². The second-order valence-electron chi connectivity index (χ2n) is 6.99. The summed E-state index contributed by atoms with van der Waals surface area (Å²) in [5.41, 5.74) is 1.31. The van der Waals surface area contributed by atoms with Gasteiger partial charge in [0.1, 0.15) is 23.1 Å². The highest BCUT2D eigenvalue weighted by atomic mass is 35.5. The zero-order valence-corrected chi connectivity index (χ0v) is 16.6. The Morgan fingerprint density at radius 3 is 2.83 bits per heavy atom. The van der Waals surface area contributed by atoms with Crippen molar-refractivity contribution in [3.63, 3.8) is 0 Å². The third-order valence-corrected chi connectivity index (χ3v) is 5.66. The van der Waals surface area contributed by atoms with Crippen LogP contribution in [-0.4, -0.2) is 44.9 Å². The Kier molecular flexibility index (Phi) is 4.19. The van der Waals surface area contributed by atoms with Crippen molar-refractivity contribution in [2.24, 2.45) is 0 Å². The molecule has 150 valence electrons. The minimum absolute atomic E-state index is 0.252. The summed E-state index contributed by atoms with van der Waals surface area (Å²) in [5, 5.41) is 4.53. The van der Waals surface area contributed by atoms with Gasteiger partial charge < -0.3 is 18.6 Å². The van der Waals surface area contributed by atoms with E-state index in [1.165, 1.54) is 0 Å². The van der Waals surface area contributed by atoms with Gasteiger partial charge in [-0.3, -0.25) is 9.20 Å². The molecule has 0 spiro atoms. The number of halogens is 1. The molecule has 1 aliphatic rings. The van der Waals surface area contributed by atoms with Crippen LogP contribution in [-0.2, 0) is 21.6 Å². The highest BCUT2D eigenvalue weighted by Gasteiger charge is 2.50. The summed E-state index contributed by atoms with van der Waals surface area (Å²) in [7, 11) is 3.20. The van der Waals surface area contributed by atoms with Gasteiger partial charge in [0.25, 0.3) is 11.4 Å². The molecule has 0 amide bonds. The first-order chi connectivity index (χ1) is 14.1. The molecule has 0 radical (unpaired) electrons. The lowest BCUT2D eigenvalue weighted by Gasteiger charge is -2.13. The molecule has 29 heavy (non-hydrogen) atoms. The van der Waals surface area contributed by atoms with Crippen LogP contribution >= 0.6 is 11.6 Å². The van der Waals surface area contributed by atoms with Crippen LogP contribution in [0.2, 0.25) is 5.02 Å². The summed E-state index contributed by atoms with van der Waals surface area (Å²) in [6.07, 6.45) is 3.22. The number of rotatable bonds is 6. The fourth-order valence-electron chi connectivity index (χ4n) is 3.61. The number of hydrogen-bond acceptors (Lipinski definition) is 7. The molecule has 1 aromatic carbocycles. The minimum atomic E-state index is -0.514. The number of fused-ring (bicyclic) bond motifs is 3. The third kappa shape index (κ3) is 2.69. The summed E-state index contributed by atoms with van der Waals surface area (Å²) in [4.78, 5) is 22.3. The number of nitrogens with zero attached hydrogens (tertiary/aromatic N) is 5. The van der Waals surface area contributed by atoms with Crippen LogP contribution in [0.5, 0.6) is 0 Å². The van der Waals surface area contributed by atoms with E-state index in [2.05, 4.69) is 15.1 Å². The van der Waals surface area contributed by atoms with E-state index in [1.54, 1.807) is 35.6 Å². The van der Waals surface area contributed by atoms with Gasteiger partial charge in [-0.1, -0.05) is 22.8 Å². The monoisotopic (exact) mass is 415 g/mol. The van der Waals surface area contributed by atoms with E-state index in [0.29, 0.717) is 40.8 Å². The van der Waals surface area contributed by atoms with Crippen LogP contribution in [0.15, 0.2) is 33.8 Å². The molecule has 0 unspecified atom stereocenters. The Bertz CT molecular complexity index is 1290. The predicted molar refractivity (Wildman–Crippen MR) is 105 cm³/mol. The zero-order chi connectivity index (χ0) is 20.2. The average Bonchev–Trinajstić information content (AvgIpc) is 3.15. The van der Waals surface area contributed by atoms with Gasteiger partial charge in [-0.2, -0.15) is 4.98 Å². The minimum Gasteiger partial charge on any atom is -0.383 e. The van der Waals surface area contributed by atoms with Crippen LogP contribution in [0.4, 0.5) is 0 Å². The molecule has 4 aromatic rings. The molecular formula is C19H18ClN5O4. The number of hydrogen-bond donors (Lipinski definition) is 0. The maximum atomic E-state index is 13.4. The SMILES string of the molecule is COCCn1c(=O)c2c(-c3noc(C4(OC)CC4)n3)ncn2c2cccc(Cl)c21. The molecule has 0 atom stereocenters. The van der Waals surface area contributed by atoms with Crippen molar-refractivity contribution in [3.05, 3.63) is 45.8 Å². The van der Waals surface area contributed by atoms with Crippen LogP contribution < -0.4 is 5.56 Å². The van der Waals surface area contributed by atoms with Gasteiger partial charge in [-0.05, 0) is 25.0 Å². The van der Waals surface area contributed by atoms with Gasteiger partial charge in [0.2, 0.25) is 5.82 Å². The number of aromatic nitrogens is 5. The van der Waals surface area contributed by atoms with Gasteiger partial charge in [0.05, 0.1) is 22.7 Å². The Morgan fingerprint density at radius 1 is 1.28 bits per heavy atom. The molecule has 9 nitrogen and oxygen atoms in total. The van der Waals surface area contributed by atoms with Gasteiger partial charge in [-0.25, -0.2) is 4.98 Å². The summed E-state index contributed by atoms with van der Waals surface area (Å²) in [6, 6.07) is 5.46. The lowest BCUT2D eigenvalue weighted by molar-refractivity contribution is 0.0492. The first kappa shape index (κ1) is 18.3. The second kappa shape index (κ2) is 6.65. The standard InChI is InChI=1S/C19H18ClN5O4/c1-27-9-8-24-14-11(20)4-3-5-12(14)25-10-21-13(15(25)17(24)26)16-22-18(29-23-16)19(28-2)6-7-19/h3-5,10H,6-9H2,1-2H3. The van der Waals surface area contributed by atoms with E-state index in [1.807, 2.05) is 12.1 Å². The molecule has 0 aliphatic heterocycles. The largest absolute Gasteiger partial charge is 0.383 e. The molecule has 10 heteroatoms. The number of ether oxygens (including phenoxy) is 2. The molecule has 3 heterocycles. The highest BCUT2D eigenvalue weighted by Crippen LogP contribution is 2.48. The Labute approximate surface area is 169 Å². The normalized spacial score (nSPS) is 15.4. The lowest BCUT2D eigenvalue weighted by atomic mass is 10.2. The van der Waals surface area contributed by atoms with Gasteiger partial charge in [0.15, 0.2) is 0 Å². The van der Waals surface area contributed by atoms with Crippen molar-refractivity contribution in [2.45, 2.75) is 25.0 Å². The maximum Gasteiger partial charge on any atom is 0.277 e. The van der Waals surface area contributed by atoms with E-state index in [9.17, 15) is 4.79 Å². The number of benzene rings is 1. The Hall–Kier alpha value is -2.75. The molecule has 5 rings (SSSR count). The van der Waals surface area contributed by atoms with Crippen molar-refractivity contribution >= 4 is 28.2 Å². The fraction of sp³-hybridized carbons (Fsp3) is 0.368. The molecule has 1 aliphatic carbocycles. The third-order valence-electron chi connectivity index (χ3n) is 5.35. The molecule has 0 N–H and O–H groups in total. The van der Waals surface area contributed by atoms with Gasteiger partial charge >= 0.3 is 0 Å². The highest BCUT2D eigenvalue weighted by molar-refractivity contribution is 6.35. The Balaban J connectivity index is 1.76. The first-order valence-electron chi connectivity index (χ1n) is 9.16. The summed E-state index contributed by atoms with van der Waals surface area (Å²) < 4.78 is 19.4. The zero-order valence-electron chi connectivity index (χ0n) is 15.9. The maximum absolute atomic E-state index is 13.4. The van der Waals surface area contributed by atoms with E-state index in [-0.39, 0.29) is 11.4 Å². The second-order valence-corrected chi connectivity index (χ2v) is 7.40. The lowest BCUT2D eigenvalue weighted by Crippen LogP contribution is -2.25. The average molecular weight is 416 g/mol. The van der Waals surface area contributed by atoms with Crippen molar-refractivity contribution in [3.8, 4) is 11.5 Å². The number of methoxy groups -OCH3 is 2. The van der Waals surface area contributed by atoms with Gasteiger partial charge in [-0.15, -0.1) is 0 Å². The number of para-hydroxylation sites is 1. The summed E-state index contributed by atoms with van der Waals surface area (Å²) in [5.74, 6) is 0.655. The molecule has 3 aromatic heterocycles. The van der Waals surface area contributed by atoms with Gasteiger partial charge in [0, 0.05) is 20.8 Å². The van der Waals surface area contributed by atoms with Crippen LogP contribution in [0.1, 0.15) is 18.7 Å². The summed E-state index contributed by atoms with van der Waals surface area (Å²) >= 11 is 6.43. The van der Waals surface area contributed by atoms with E-state index >= 15 is 0 Å². The fourth-order valence-corrected chi connectivity index (χ4v) is 3.89. The van der Waals surface area contributed by atoms with E-state index in [4.69, 9.17) is 25.6 Å². The van der Waals surface area contributed by atoms with E-state index < -0.39 is 5.60 Å². The topological polar surface area (TPSA) is 96.7 Å². The van der Waals surface area contributed by atoms with Crippen LogP contribution in [0.3, 0.4) is 0 Å². The predicted octanol–water partition coefficient (Wildman–Crippen LogP) is 2.63. The first-order valence-corrected chi connectivity index (χ1v) is 9.54. The van der Waals surface area contributed by atoms with Crippen LogP contribution in [0, 0.1) is 0 Å². The van der Waals surface area contributed by atoms with E-state index in [0.717, 1.165) is 18.4 Å². The van der Waals surface area contributed by atoms with Crippen LogP contribution in [0.25, 0.3) is 28.1 Å². The Morgan fingerprint density at radius 2 is 2.10 bits per heavy atom. The quantitative estimate of drug-likeness (QED) is 0.477. The molecular weight excluding hydrogens is 398 g/mol. The molecule has 0 bridgehead atoms. The summed E-state index contributed by atoms with van der Waals surface area (Å²) in [6.45, 7) is 0.712. The van der Waals surface area contributed by atoms with Crippen molar-refractivity contribution in [1.82, 2.24) is 24.1 Å².